The van der Waals surface area contributed by atoms with Gasteiger partial charge in [-0.2, -0.15) is 0 Å². The second kappa shape index (κ2) is 6.45. The summed E-state index contributed by atoms with van der Waals surface area (Å²) in [5.74, 6) is 5.01. The second-order valence-corrected chi connectivity index (χ2v) is 10.6. The van der Waals surface area contributed by atoms with Gasteiger partial charge in [-0.05, 0) is 79.5 Å². The van der Waals surface area contributed by atoms with E-state index in [0.29, 0.717) is 34.3 Å². The third-order valence-electron chi connectivity index (χ3n) is 8.42. The van der Waals surface area contributed by atoms with E-state index in [1.165, 1.54) is 12.1 Å². The van der Waals surface area contributed by atoms with Gasteiger partial charge in [0.25, 0.3) is 0 Å². The number of terminal acetylenes is 1. The maximum Gasteiger partial charge on any atom is 0.223 e. The topological polar surface area (TPSA) is 51.2 Å². The minimum absolute atomic E-state index is 0.0372. The van der Waals surface area contributed by atoms with Gasteiger partial charge < -0.3 is 10.1 Å². The number of aromatic nitrogens is 1. The summed E-state index contributed by atoms with van der Waals surface area (Å²) in [5.41, 5.74) is 1.10. The van der Waals surface area contributed by atoms with Crippen molar-refractivity contribution in [3.8, 4) is 18.1 Å². The molecule has 1 unspecified atom stereocenters. The van der Waals surface area contributed by atoms with Crippen LogP contribution in [0.3, 0.4) is 0 Å². The van der Waals surface area contributed by atoms with Crippen molar-refractivity contribution in [1.82, 2.24) is 10.3 Å². The highest BCUT2D eigenvalue weighted by Gasteiger charge is 2.68. The molecular weight excluding hydrogens is 391 g/mol. The van der Waals surface area contributed by atoms with E-state index in [1.807, 2.05) is 6.07 Å². The van der Waals surface area contributed by atoms with Crippen LogP contribution in [0.25, 0.3) is 10.9 Å². The van der Waals surface area contributed by atoms with Crippen LogP contribution in [0, 0.1) is 47.2 Å². The third-order valence-corrected chi connectivity index (χ3v) is 8.42. The van der Waals surface area contributed by atoms with E-state index < -0.39 is 0 Å². The van der Waals surface area contributed by atoms with E-state index >= 15 is 0 Å². The molecule has 31 heavy (non-hydrogen) atoms. The molecule has 2 bridgehead atoms. The highest BCUT2D eigenvalue weighted by atomic mass is 19.1. The lowest BCUT2D eigenvalue weighted by atomic mass is 9.38. The standard InChI is InChI=1S/C26H27FN2O2/c1-3-7-25-12-26(13-25,14-25)29-24(30)15(2)23-18-10-17(11-19(18)23)31-22-6-8-28-21-5-4-16(27)9-20(21)22/h1,4-6,8-9,15,17-19,23H,7,10-14H2,2H3,(H,29,30)/t15?,17-,18-,19+,23+,25?,26?. The Morgan fingerprint density at radius 3 is 2.77 bits per heavy atom. The molecule has 160 valence electrons. The maximum atomic E-state index is 13.7. The summed E-state index contributed by atoms with van der Waals surface area (Å²) in [6.07, 6.45) is 13.2. The molecule has 5 saturated carbocycles. The number of amides is 1. The molecule has 0 aliphatic heterocycles. The van der Waals surface area contributed by atoms with E-state index in [-0.39, 0.29) is 29.3 Å². The normalized spacial score (nSPS) is 37.7. The van der Waals surface area contributed by atoms with Crippen molar-refractivity contribution in [3.05, 3.63) is 36.3 Å². The molecule has 1 aromatic carbocycles. The number of fused-ring (bicyclic) bond motifs is 2. The van der Waals surface area contributed by atoms with Crippen molar-refractivity contribution < 1.29 is 13.9 Å². The molecule has 0 radical (unpaired) electrons. The zero-order chi connectivity index (χ0) is 21.4. The molecule has 4 nitrogen and oxygen atoms in total. The molecule has 1 aromatic heterocycles. The van der Waals surface area contributed by atoms with Crippen molar-refractivity contribution in [2.45, 2.75) is 57.1 Å². The van der Waals surface area contributed by atoms with Crippen molar-refractivity contribution in [1.29, 1.82) is 0 Å². The van der Waals surface area contributed by atoms with Gasteiger partial charge in [-0.3, -0.25) is 9.78 Å². The predicted octanol–water partition coefficient (Wildman–Crippen LogP) is 4.48. The number of halogens is 1. The summed E-state index contributed by atoms with van der Waals surface area (Å²) in [5, 5.41) is 4.06. The predicted molar refractivity (Wildman–Crippen MR) is 116 cm³/mol. The van der Waals surface area contributed by atoms with Crippen LogP contribution in [-0.2, 0) is 4.79 Å². The Morgan fingerprint density at radius 1 is 1.32 bits per heavy atom. The monoisotopic (exact) mass is 418 g/mol. The Morgan fingerprint density at radius 2 is 2.06 bits per heavy atom. The molecule has 5 aliphatic carbocycles. The van der Waals surface area contributed by atoms with Crippen LogP contribution in [0.1, 0.15) is 45.4 Å². The quantitative estimate of drug-likeness (QED) is 0.704. The van der Waals surface area contributed by atoms with Gasteiger partial charge in [0.2, 0.25) is 5.91 Å². The van der Waals surface area contributed by atoms with Gasteiger partial charge in [0, 0.05) is 29.5 Å². The Hall–Kier alpha value is -2.61. The molecule has 1 amide bonds. The number of carbonyl (C=O) groups is 1. The van der Waals surface area contributed by atoms with Crippen LogP contribution < -0.4 is 10.1 Å². The average molecular weight is 419 g/mol. The molecule has 1 N–H and O–H groups in total. The SMILES string of the molecule is C#CCC12CC(NC(=O)C(C)[C@H]3[C@@H]4C[C@@H](Oc5ccnc6ccc(F)cc56)C[C@@H]43)(C1)C2. The fraction of sp³-hybridized carbons (Fsp3) is 0.538. The van der Waals surface area contributed by atoms with Crippen LogP contribution in [0.15, 0.2) is 30.5 Å². The van der Waals surface area contributed by atoms with E-state index in [4.69, 9.17) is 11.2 Å². The number of nitrogens with zero attached hydrogens (tertiary/aromatic N) is 1. The number of nitrogens with one attached hydrogen (secondary N) is 1. The minimum Gasteiger partial charge on any atom is -0.490 e. The fourth-order valence-electron chi connectivity index (χ4n) is 7.14. The average Bonchev–Trinajstić information content (AvgIpc) is 3.19. The van der Waals surface area contributed by atoms with Gasteiger partial charge >= 0.3 is 0 Å². The largest absolute Gasteiger partial charge is 0.490 e. The van der Waals surface area contributed by atoms with Crippen molar-refractivity contribution in [3.63, 3.8) is 0 Å². The van der Waals surface area contributed by atoms with Gasteiger partial charge in [0.05, 0.1) is 11.6 Å². The smallest absolute Gasteiger partial charge is 0.223 e. The fourth-order valence-corrected chi connectivity index (χ4v) is 7.14. The number of ether oxygens (including phenoxy) is 1. The van der Waals surface area contributed by atoms with E-state index in [9.17, 15) is 9.18 Å². The van der Waals surface area contributed by atoms with Crippen LogP contribution >= 0.6 is 0 Å². The van der Waals surface area contributed by atoms with E-state index in [2.05, 4.69) is 23.1 Å². The van der Waals surface area contributed by atoms with Gasteiger partial charge in [-0.25, -0.2) is 4.39 Å². The summed E-state index contributed by atoms with van der Waals surface area (Å²) >= 11 is 0. The summed E-state index contributed by atoms with van der Waals surface area (Å²) < 4.78 is 20.0. The highest BCUT2D eigenvalue weighted by molar-refractivity contribution is 5.84. The van der Waals surface area contributed by atoms with Gasteiger partial charge in [-0.15, -0.1) is 12.3 Å². The first-order valence-electron chi connectivity index (χ1n) is 11.4. The van der Waals surface area contributed by atoms with Gasteiger partial charge in [-0.1, -0.05) is 6.92 Å². The first-order valence-corrected chi connectivity index (χ1v) is 11.4. The minimum atomic E-state index is -0.284. The molecule has 0 saturated heterocycles. The van der Waals surface area contributed by atoms with Crippen molar-refractivity contribution in [2.75, 3.05) is 0 Å². The molecule has 7 rings (SSSR count). The third kappa shape index (κ3) is 2.95. The van der Waals surface area contributed by atoms with E-state index in [0.717, 1.165) is 44.0 Å². The van der Waals surface area contributed by atoms with Crippen LogP contribution in [-0.4, -0.2) is 22.5 Å². The molecule has 5 heteroatoms. The Balaban J connectivity index is 1.04. The molecule has 5 atom stereocenters. The van der Waals surface area contributed by atoms with Crippen molar-refractivity contribution >= 4 is 16.8 Å². The first kappa shape index (κ1) is 19.1. The highest BCUT2D eigenvalue weighted by Crippen LogP contribution is 2.69. The number of hydrogen-bond donors (Lipinski definition) is 1. The zero-order valence-corrected chi connectivity index (χ0v) is 17.7. The lowest BCUT2D eigenvalue weighted by Gasteiger charge is -2.70. The summed E-state index contributed by atoms with van der Waals surface area (Å²) in [6, 6.07) is 6.40. The summed E-state index contributed by atoms with van der Waals surface area (Å²) in [6.45, 7) is 2.08. The lowest BCUT2D eigenvalue weighted by molar-refractivity contribution is -0.165. The molecule has 2 aromatic rings. The Labute approximate surface area is 182 Å². The Bertz CT molecular complexity index is 1090. The van der Waals surface area contributed by atoms with Gasteiger partial charge in [0.15, 0.2) is 0 Å². The maximum absolute atomic E-state index is 13.7. The zero-order valence-electron chi connectivity index (χ0n) is 17.7. The molecule has 1 heterocycles. The molecular formula is C26H27FN2O2. The second-order valence-electron chi connectivity index (χ2n) is 10.6. The van der Waals surface area contributed by atoms with Gasteiger partial charge in [0.1, 0.15) is 11.6 Å². The van der Waals surface area contributed by atoms with E-state index in [1.54, 1.807) is 12.3 Å². The number of carbonyl (C=O) groups excluding carboxylic acids is 1. The van der Waals surface area contributed by atoms with Crippen molar-refractivity contribution in [2.24, 2.45) is 29.1 Å². The van der Waals surface area contributed by atoms with Crippen LogP contribution in [0.4, 0.5) is 4.39 Å². The number of hydrogen-bond acceptors (Lipinski definition) is 3. The number of benzene rings is 1. The lowest BCUT2D eigenvalue weighted by Crippen LogP contribution is -2.74. The summed E-state index contributed by atoms with van der Waals surface area (Å²) in [7, 11) is 0. The number of pyridine rings is 1. The summed E-state index contributed by atoms with van der Waals surface area (Å²) in [4.78, 5) is 17.2. The Kier molecular flexibility index (Phi) is 3.97. The molecule has 5 aliphatic rings. The first-order chi connectivity index (χ1) is 14.9. The molecule has 0 spiro atoms. The molecule has 5 fully saturated rings. The number of rotatable bonds is 6. The van der Waals surface area contributed by atoms with Crippen LogP contribution in [0.5, 0.6) is 5.75 Å². The van der Waals surface area contributed by atoms with Crippen LogP contribution in [0.2, 0.25) is 0 Å².